The Morgan fingerprint density at radius 1 is 1.64 bits per heavy atom. The van der Waals surface area contributed by atoms with Crippen molar-refractivity contribution in [1.29, 1.82) is 0 Å². The fraction of sp³-hybridized carbons (Fsp3) is 0.875. The third-order valence-electron chi connectivity index (χ3n) is 2.29. The molecule has 2 saturated heterocycles. The summed E-state index contributed by atoms with van der Waals surface area (Å²) in [7, 11) is 0. The Morgan fingerprint density at radius 2 is 2.45 bits per heavy atom. The van der Waals surface area contributed by atoms with E-state index in [1.165, 1.54) is 0 Å². The number of likely N-dealkylation sites (tertiary alicyclic amines) is 1. The molecule has 2 aliphatic rings. The molecule has 0 aromatic carbocycles. The number of carbonyl (C=O) groups is 1. The highest BCUT2D eigenvalue weighted by molar-refractivity contribution is 5.77. The first-order chi connectivity index (χ1) is 5.36. The van der Waals surface area contributed by atoms with E-state index in [-0.39, 0.29) is 0 Å². The Morgan fingerprint density at radius 3 is 3.00 bits per heavy atom. The van der Waals surface area contributed by atoms with Gasteiger partial charge in [-0.3, -0.25) is 4.79 Å². The molecular formula is C8H13NO2. The molecule has 2 rings (SSSR count). The number of ether oxygens (including phenoxy) is 1. The zero-order valence-electron chi connectivity index (χ0n) is 6.58. The molecule has 2 aliphatic heterocycles. The van der Waals surface area contributed by atoms with Crippen LogP contribution in [0.4, 0.5) is 0 Å². The van der Waals surface area contributed by atoms with Gasteiger partial charge in [-0.05, 0) is 12.8 Å². The van der Waals surface area contributed by atoms with E-state index in [1.807, 2.05) is 4.90 Å². The highest BCUT2D eigenvalue weighted by Gasteiger charge is 2.26. The molecule has 3 heteroatoms. The number of nitrogens with zero attached hydrogens (tertiary/aromatic N) is 1. The lowest BCUT2D eigenvalue weighted by Gasteiger charge is -2.13. The maximum absolute atomic E-state index is 11.1. The van der Waals surface area contributed by atoms with Gasteiger partial charge in [0, 0.05) is 19.5 Å². The molecule has 0 aromatic heterocycles. The second kappa shape index (κ2) is 2.81. The molecule has 0 N–H and O–H groups in total. The van der Waals surface area contributed by atoms with Crippen LogP contribution in [0.5, 0.6) is 0 Å². The summed E-state index contributed by atoms with van der Waals surface area (Å²) in [6.07, 6.45) is 3.30. The number of rotatable bonds is 3. The summed E-state index contributed by atoms with van der Waals surface area (Å²) in [5, 5.41) is 0. The molecule has 0 saturated carbocycles. The first-order valence-electron chi connectivity index (χ1n) is 4.25. The minimum atomic E-state index is 0.325. The molecule has 2 fully saturated rings. The van der Waals surface area contributed by atoms with Gasteiger partial charge >= 0.3 is 0 Å². The van der Waals surface area contributed by atoms with E-state index in [0.29, 0.717) is 12.0 Å². The molecule has 1 atom stereocenters. The van der Waals surface area contributed by atoms with Crippen LogP contribution >= 0.6 is 0 Å². The van der Waals surface area contributed by atoms with E-state index in [9.17, 15) is 4.79 Å². The fourth-order valence-electron chi connectivity index (χ4n) is 1.47. The number of epoxide rings is 1. The van der Waals surface area contributed by atoms with E-state index < -0.39 is 0 Å². The second-order valence-electron chi connectivity index (χ2n) is 3.23. The zero-order valence-corrected chi connectivity index (χ0v) is 6.58. The molecule has 3 nitrogen and oxygen atoms in total. The Labute approximate surface area is 66.3 Å². The molecule has 0 spiro atoms. The topological polar surface area (TPSA) is 32.8 Å². The van der Waals surface area contributed by atoms with Crippen LogP contribution in [0.3, 0.4) is 0 Å². The third kappa shape index (κ3) is 1.71. The summed E-state index contributed by atoms with van der Waals surface area (Å²) < 4.78 is 5.07. The Kier molecular flexibility index (Phi) is 1.82. The van der Waals surface area contributed by atoms with E-state index in [1.54, 1.807) is 0 Å². The van der Waals surface area contributed by atoms with Gasteiger partial charge in [0.1, 0.15) is 0 Å². The molecule has 62 valence electrons. The standard InChI is InChI=1S/C8H13NO2/c10-8-2-1-4-9(8)5-3-7-6-11-7/h7H,1-6H2. The van der Waals surface area contributed by atoms with Crippen LogP contribution in [-0.4, -0.2) is 36.6 Å². The van der Waals surface area contributed by atoms with Gasteiger partial charge in [-0.15, -0.1) is 0 Å². The summed E-state index contributed by atoms with van der Waals surface area (Å²) in [4.78, 5) is 13.0. The van der Waals surface area contributed by atoms with Crippen LogP contribution in [-0.2, 0) is 9.53 Å². The van der Waals surface area contributed by atoms with Gasteiger partial charge in [-0.2, -0.15) is 0 Å². The summed E-state index contributed by atoms with van der Waals surface area (Å²) in [6, 6.07) is 0. The van der Waals surface area contributed by atoms with Gasteiger partial charge in [-0.25, -0.2) is 0 Å². The smallest absolute Gasteiger partial charge is 0.222 e. The third-order valence-corrected chi connectivity index (χ3v) is 2.29. The molecule has 0 aromatic rings. The van der Waals surface area contributed by atoms with Crippen molar-refractivity contribution in [3.63, 3.8) is 0 Å². The quantitative estimate of drug-likeness (QED) is 0.552. The highest BCUT2D eigenvalue weighted by atomic mass is 16.6. The van der Waals surface area contributed by atoms with E-state index in [4.69, 9.17) is 4.74 Å². The number of amides is 1. The lowest BCUT2D eigenvalue weighted by molar-refractivity contribution is -0.127. The van der Waals surface area contributed by atoms with Crippen molar-refractivity contribution in [2.24, 2.45) is 0 Å². The van der Waals surface area contributed by atoms with Gasteiger partial charge in [0.25, 0.3) is 0 Å². The predicted molar refractivity (Wildman–Crippen MR) is 40.2 cm³/mol. The first-order valence-corrected chi connectivity index (χ1v) is 4.25. The molecule has 0 aliphatic carbocycles. The molecule has 2 heterocycles. The van der Waals surface area contributed by atoms with E-state index in [0.717, 1.165) is 39.0 Å². The highest BCUT2D eigenvalue weighted by Crippen LogP contribution is 2.16. The van der Waals surface area contributed by atoms with E-state index in [2.05, 4.69) is 0 Å². The van der Waals surface area contributed by atoms with Crippen LogP contribution in [0.1, 0.15) is 19.3 Å². The maximum atomic E-state index is 11.1. The molecule has 0 radical (unpaired) electrons. The molecule has 1 amide bonds. The van der Waals surface area contributed by atoms with Crippen molar-refractivity contribution in [1.82, 2.24) is 4.90 Å². The number of carbonyl (C=O) groups excluding carboxylic acids is 1. The van der Waals surface area contributed by atoms with Gasteiger partial charge in [0.15, 0.2) is 0 Å². The van der Waals surface area contributed by atoms with Crippen molar-refractivity contribution in [3.05, 3.63) is 0 Å². The van der Waals surface area contributed by atoms with E-state index >= 15 is 0 Å². The summed E-state index contributed by atoms with van der Waals surface area (Å²) in [6.45, 7) is 2.77. The van der Waals surface area contributed by atoms with Crippen molar-refractivity contribution in [2.45, 2.75) is 25.4 Å². The number of hydrogen-bond acceptors (Lipinski definition) is 2. The second-order valence-corrected chi connectivity index (χ2v) is 3.23. The monoisotopic (exact) mass is 155 g/mol. The normalized spacial score (nSPS) is 29.6. The minimum absolute atomic E-state index is 0.325. The molecule has 0 bridgehead atoms. The van der Waals surface area contributed by atoms with Crippen LogP contribution in [0, 0.1) is 0 Å². The summed E-state index contributed by atoms with van der Waals surface area (Å²) in [5.74, 6) is 0.325. The van der Waals surface area contributed by atoms with Gasteiger partial charge in [0.2, 0.25) is 5.91 Å². The largest absolute Gasteiger partial charge is 0.373 e. The van der Waals surface area contributed by atoms with Crippen LogP contribution in [0.15, 0.2) is 0 Å². The van der Waals surface area contributed by atoms with Crippen LogP contribution in [0.2, 0.25) is 0 Å². The average Bonchev–Trinajstić information content (AvgIpc) is 2.73. The summed E-state index contributed by atoms with van der Waals surface area (Å²) in [5.41, 5.74) is 0. The van der Waals surface area contributed by atoms with Gasteiger partial charge < -0.3 is 9.64 Å². The van der Waals surface area contributed by atoms with Gasteiger partial charge in [-0.1, -0.05) is 0 Å². The SMILES string of the molecule is O=C1CCCN1CCC1CO1. The van der Waals surface area contributed by atoms with Crippen molar-refractivity contribution < 1.29 is 9.53 Å². The maximum Gasteiger partial charge on any atom is 0.222 e. The first kappa shape index (κ1) is 7.10. The molecule has 11 heavy (non-hydrogen) atoms. The Balaban J connectivity index is 1.71. The zero-order chi connectivity index (χ0) is 7.68. The lowest BCUT2D eigenvalue weighted by Crippen LogP contribution is -2.26. The van der Waals surface area contributed by atoms with Crippen molar-refractivity contribution in [3.8, 4) is 0 Å². The molecule has 1 unspecified atom stereocenters. The van der Waals surface area contributed by atoms with Crippen LogP contribution in [0.25, 0.3) is 0 Å². The van der Waals surface area contributed by atoms with Gasteiger partial charge in [0.05, 0.1) is 12.7 Å². The van der Waals surface area contributed by atoms with Crippen LogP contribution < -0.4 is 0 Å². The Bertz CT molecular complexity index is 165. The number of hydrogen-bond donors (Lipinski definition) is 0. The minimum Gasteiger partial charge on any atom is -0.373 e. The lowest BCUT2D eigenvalue weighted by atomic mass is 10.3. The fourth-order valence-corrected chi connectivity index (χ4v) is 1.47. The predicted octanol–water partition coefficient (Wildman–Crippen LogP) is 0.398. The Hall–Kier alpha value is -0.570. The van der Waals surface area contributed by atoms with Crippen molar-refractivity contribution in [2.75, 3.05) is 19.7 Å². The average molecular weight is 155 g/mol. The summed E-state index contributed by atoms with van der Waals surface area (Å²) >= 11 is 0. The van der Waals surface area contributed by atoms with Crippen molar-refractivity contribution >= 4 is 5.91 Å². The molecular weight excluding hydrogens is 142 g/mol.